The highest BCUT2D eigenvalue weighted by Gasteiger charge is 2.62. The van der Waals surface area contributed by atoms with Crippen LogP contribution >= 0.6 is 0 Å². The van der Waals surface area contributed by atoms with E-state index in [2.05, 4.69) is 4.74 Å². The summed E-state index contributed by atoms with van der Waals surface area (Å²) in [6.45, 7) is -0.0574. The summed E-state index contributed by atoms with van der Waals surface area (Å²) < 4.78 is 9.44. The molecule has 1 heterocycles. The van der Waals surface area contributed by atoms with Crippen molar-refractivity contribution in [1.82, 2.24) is 0 Å². The fourth-order valence-corrected chi connectivity index (χ4v) is 3.22. The van der Waals surface area contributed by atoms with Crippen LogP contribution in [-0.4, -0.2) is 49.6 Å². The number of amides is 1. The maximum Gasteiger partial charge on any atom is 0.325 e. The van der Waals surface area contributed by atoms with Gasteiger partial charge in [-0.25, -0.2) is 0 Å². The quantitative estimate of drug-likeness (QED) is 0.379. The Bertz CT molecular complexity index is 832. The van der Waals surface area contributed by atoms with Crippen molar-refractivity contribution in [1.29, 1.82) is 5.26 Å². The molecule has 0 aromatic heterocycles. The fourth-order valence-electron chi connectivity index (χ4n) is 3.22. The molecule has 0 radical (unpaired) electrons. The molecule has 2 atom stereocenters. The zero-order valence-corrected chi connectivity index (χ0v) is 14.7. The zero-order chi connectivity index (χ0) is 20.2. The molecule has 0 N–H and O–H groups in total. The van der Waals surface area contributed by atoms with Gasteiger partial charge in [0.05, 0.1) is 19.8 Å². The lowest BCUT2D eigenvalue weighted by Gasteiger charge is -2.27. The van der Waals surface area contributed by atoms with Crippen LogP contribution in [0.25, 0.3) is 0 Å². The number of nitriles is 1. The molecule has 1 aliphatic heterocycles. The minimum absolute atomic E-state index is 0.0622. The largest absolute Gasteiger partial charge is 0.468 e. The smallest absolute Gasteiger partial charge is 0.325 e. The number of benzene rings is 1. The van der Waals surface area contributed by atoms with Crippen molar-refractivity contribution in [2.45, 2.75) is 12.3 Å². The normalized spacial score (nSPS) is 19.0. The molecule has 0 fully saturated rings. The summed E-state index contributed by atoms with van der Waals surface area (Å²) in [6, 6.07) is 7.71. The summed E-state index contributed by atoms with van der Waals surface area (Å²) in [5.41, 5.74) is -1.77. The van der Waals surface area contributed by atoms with Crippen LogP contribution in [0.3, 0.4) is 0 Å². The van der Waals surface area contributed by atoms with E-state index in [0.717, 1.165) is 12.0 Å². The van der Waals surface area contributed by atoms with E-state index in [1.807, 2.05) is 0 Å². The topological polar surface area (TPSA) is 140 Å². The average molecular weight is 375 g/mol. The number of methoxy groups -OCH3 is 1. The van der Waals surface area contributed by atoms with Crippen molar-refractivity contribution in [2.24, 2.45) is 5.92 Å². The monoisotopic (exact) mass is 375 g/mol. The molecule has 2 rings (SSSR count). The van der Waals surface area contributed by atoms with Crippen LogP contribution in [0.15, 0.2) is 24.3 Å². The fraction of sp³-hybridized carbons (Fsp3) is 0.412. The SMILES string of the molecule is CCOC(=O)[C@@H](C#N)[C@]1(C[N+](=O)[O-])C(=O)N(CC(=O)OC)c2ccccc21. The van der Waals surface area contributed by atoms with Gasteiger partial charge in [-0.05, 0) is 18.6 Å². The molecular formula is C17H17N3O7. The number of nitrogens with zero attached hydrogens (tertiary/aromatic N) is 3. The number of nitro groups is 1. The summed E-state index contributed by atoms with van der Waals surface area (Å²) in [5, 5.41) is 21.0. The first-order chi connectivity index (χ1) is 12.8. The Kier molecular flexibility index (Phi) is 5.75. The van der Waals surface area contributed by atoms with Gasteiger partial charge in [-0.1, -0.05) is 18.2 Å². The molecule has 0 bridgehead atoms. The summed E-state index contributed by atoms with van der Waals surface area (Å²) in [7, 11) is 1.13. The van der Waals surface area contributed by atoms with Gasteiger partial charge in [-0.3, -0.25) is 29.4 Å². The second-order valence-corrected chi connectivity index (χ2v) is 5.76. The molecule has 1 aromatic rings. The molecule has 0 unspecified atom stereocenters. The lowest BCUT2D eigenvalue weighted by molar-refractivity contribution is -0.488. The molecule has 10 heteroatoms. The Hall–Kier alpha value is -3.48. The highest BCUT2D eigenvalue weighted by molar-refractivity contribution is 6.12. The molecule has 27 heavy (non-hydrogen) atoms. The Labute approximate surface area is 154 Å². The van der Waals surface area contributed by atoms with Gasteiger partial charge in [0, 0.05) is 10.6 Å². The van der Waals surface area contributed by atoms with E-state index >= 15 is 0 Å². The maximum absolute atomic E-state index is 13.2. The van der Waals surface area contributed by atoms with Gasteiger partial charge >= 0.3 is 11.9 Å². The van der Waals surface area contributed by atoms with Crippen molar-refractivity contribution >= 4 is 23.5 Å². The Morgan fingerprint density at radius 1 is 1.41 bits per heavy atom. The number of rotatable bonds is 7. The molecule has 142 valence electrons. The number of esters is 2. The van der Waals surface area contributed by atoms with E-state index in [0.29, 0.717) is 0 Å². The number of hydrogen-bond donors (Lipinski definition) is 0. The van der Waals surface area contributed by atoms with Gasteiger partial charge in [0.25, 0.3) is 0 Å². The van der Waals surface area contributed by atoms with Crippen molar-refractivity contribution in [3.05, 3.63) is 39.9 Å². The maximum atomic E-state index is 13.2. The Morgan fingerprint density at radius 2 is 2.07 bits per heavy atom. The van der Waals surface area contributed by atoms with Crippen molar-refractivity contribution in [3.8, 4) is 6.07 Å². The third-order valence-corrected chi connectivity index (χ3v) is 4.34. The molecule has 10 nitrogen and oxygen atoms in total. The summed E-state index contributed by atoms with van der Waals surface area (Å²) in [4.78, 5) is 48.9. The highest BCUT2D eigenvalue weighted by Crippen LogP contribution is 2.47. The zero-order valence-electron chi connectivity index (χ0n) is 14.7. The molecule has 0 saturated carbocycles. The first kappa shape index (κ1) is 19.8. The number of hydrogen-bond acceptors (Lipinski definition) is 8. The van der Waals surface area contributed by atoms with Crippen LogP contribution in [0.2, 0.25) is 0 Å². The number of carbonyl (C=O) groups excluding carboxylic acids is 3. The minimum Gasteiger partial charge on any atom is -0.468 e. The summed E-state index contributed by atoms with van der Waals surface area (Å²) in [6.07, 6.45) is 0. The van der Waals surface area contributed by atoms with Crippen molar-refractivity contribution in [3.63, 3.8) is 0 Å². The molecular weight excluding hydrogens is 358 g/mol. The lowest BCUT2D eigenvalue weighted by Crippen LogP contribution is -2.53. The van der Waals surface area contributed by atoms with E-state index in [-0.39, 0.29) is 17.9 Å². The molecule has 0 aliphatic carbocycles. The number of para-hydroxylation sites is 1. The van der Waals surface area contributed by atoms with Crippen LogP contribution in [-0.2, 0) is 29.3 Å². The van der Waals surface area contributed by atoms with Gasteiger partial charge < -0.3 is 9.47 Å². The van der Waals surface area contributed by atoms with E-state index < -0.39 is 47.2 Å². The van der Waals surface area contributed by atoms with Crippen LogP contribution in [0.5, 0.6) is 0 Å². The highest BCUT2D eigenvalue weighted by atomic mass is 16.6. The molecule has 1 aromatic carbocycles. The third-order valence-electron chi connectivity index (χ3n) is 4.34. The first-order valence-electron chi connectivity index (χ1n) is 7.99. The molecule has 0 spiro atoms. The van der Waals surface area contributed by atoms with Gasteiger partial charge in [0.2, 0.25) is 12.5 Å². The number of carbonyl (C=O) groups is 3. The Balaban J connectivity index is 2.70. The molecule has 1 amide bonds. The van der Waals surface area contributed by atoms with Crippen LogP contribution in [0.1, 0.15) is 12.5 Å². The van der Waals surface area contributed by atoms with Gasteiger partial charge in [-0.2, -0.15) is 5.26 Å². The van der Waals surface area contributed by atoms with Crippen molar-refractivity contribution < 1.29 is 28.8 Å². The van der Waals surface area contributed by atoms with E-state index in [1.54, 1.807) is 12.1 Å². The summed E-state index contributed by atoms with van der Waals surface area (Å²) in [5.74, 6) is -4.44. The van der Waals surface area contributed by atoms with Crippen LogP contribution < -0.4 is 4.90 Å². The number of anilines is 1. The van der Waals surface area contributed by atoms with Gasteiger partial charge in [-0.15, -0.1) is 0 Å². The average Bonchev–Trinajstić information content (AvgIpc) is 2.85. The number of fused-ring (bicyclic) bond motifs is 1. The van der Waals surface area contributed by atoms with Gasteiger partial charge in [0.15, 0.2) is 11.3 Å². The Morgan fingerprint density at radius 3 is 2.63 bits per heavy atom. The predicted molar refractivity (Wildman–Crippen MR) is 90.1 cm³/mol. The van der Waals surface area contributed by atoms with E-state index in [1.165, 1.54) is 25.1 Å². The van der Waals surface area contributed by atoms with E-state index in [4.69, 9.17) is 4.74 Å². The first-order valence-corrected chi connectivity index (χ1v) is 7.99. The van der Waals surface area contributed by atoms with Gasteiger partial charge in [0.1, 0.15) is 6.54 Å². The van der Waals surface area contributed by atoms with Crippen molar-refractivity contribution in [2.75, 3.05) is 31.7 Å². The molecule has 1 aliphatic rings. The molecule has 0 saturated heterocycles. The minimum atomic E-state index is -2.10. The standard InChI is InChI=1S/C17H17N3O7/c1-3-27-15(22)12(8-18)17(10-20(24)25)11-6-4-5-7-13(11)19(16(17)23)9-14(21)26-2/h4-7,12H,3,9-10H2,1-2H3/t12-,17-/m1/s1. The van der Waals surface area contributed by atoms with E-state index in [9.17, 15) is 29.8 Å². The second kappa shape index (κ2) is 7.82. The lowest BCUT2D eigenvalue weighted by atomic mass is 9.71. The number of ether oxygens (including phenoxy) is 2. The van der Waals surface area contributed by atoms with Crippen LogP contribution in [0, 0.1) is 27.4 Å². The second-order valence-electron chi connectivity index (χ2n) is 5.76. The third kappa shape index (κ3) is 3.31. The van der Waals surface area contributed by atoms with Crippen LogP contribution in [0.4, 0.5) is 5.69 Å². The predicted octanol–water partition coefficient (Wildman–Crippen LogP) is 0.424. The summed E-state index contributed by atoms with van der Waals surface area (Å²) >= 11 is 0.